The summed E-state index contributed by atoms with van der Waals surface area (Å²) in [6, 6.07) is 9.48. The Morgan fingerprint density at radius 3 is 2.62 bits per heavy atom. The number of ether oxygens (including phenoxy) is 4. The van der Waals surface area contributed by atoms with Crippen LogP contribution < -0.4 is 18.9 Å². The second kappa shape index (κ2) is 12.1. The number of nitrogens with zero attached hydrogens (tertiary/aromatic N) is 3. The van der Waals surface area contributed by atoms with E-state index in [9.17, 15) is 14.7 Å². The van der Waals surface area contributed by atoms with Gasteiger partial charge in [-0.2, -0.15) is 0 Å². The molecule has 2 aliphatic rings. The number of imidazole rings is 1. The second-order valence-corrected chi connectivity index (χ2v) is 9.62. The van der Waals surface area contributed by atoms with E-state index in [-0.39, 0.29) is 11.3 Å². The van der Waals surface area contributed by atoms with Gasteiger partial charge in [0.25, 0.3) is 11.7 Å². The summed E-state index contributed by atoms with van der Waals surface area (Å²) < 4.78 is 24.7. The number of aliphatic hydroxyl groups excluding tert-OH is 1. The fraction of sp³-hybridized carbons (Fsp3) is 0.367. The van der Waals surface area contributed by atoms with Crippen molar-refractivity contribution in [3.63, 3.8) is 0 Å². The Balaban J connectivity index is 1.54. The van der Waals surface area contributed by atoms with Crippen LogP contribution in [0, 0.1) is 0 Å². The van der Waals surface area contributed by atoms with Crippen LogP contribution in [0.3, 0.4) is 0 Å². The summed E-state index contributed by atoms with van der Waals surface area (Å²) in [5, 5.41) is 11.5. The first-order valence-electron chi connectivity index (χ1n) is 13.5. The van der Waals surface area contributed by atoms with E-state index in [1.54, 1.807) is 56.0 Å². The first-order valence-corrected chi connectivity index (χ1v) is 13.5. The molecule has 1 saturated heterocycles. The number of carbonyl (C=O) groups is 2. The SMILES string of the molecule is CCCCOc1ccc([C@@H]2/C(=C(\O)c3ccc4c(c3)OCCO4)C(=O)C(=O)N2CCCn2ccnc2)cc1OC. The molecule has 10 heteroatoms. The number of aliphatic hydroxyl groups is 1. The summed E-state index contributed by atoms with van der Waals surface area (Å²) >= 11 is 0. The van der Waals surface area contributed by atoms with Crippen LogP contribution >= 0.6 is 0 Å². The number of aryl methyl sites for hydroxylation is 1. The number of carbonyl (C=O) groups excluding carboxylic acids is 2. The number of methoxy groups -OCH3 is 1. The number of fused-ring (bicyclic) bond motifs is 1. The summed E-state index contributed by atoms with van der Waals surface area (Å²) in [6.45, 7) is 4.35. The van der Waals surface area contributed by atoms with Crippen LogP contribution in [-0.4, -0.2) is 64.7 Å². The highest BCUT2D eigenvalue weighted by Crippen LogP contribution is 2.43. The minimum atomic E-state index is -0.824. The molecular weight excluding hydrogens is 514 g/mol. The van der Waals surface area contributed by atoms with Gasteiger partial charge in [-0.1, -0.05) is 19.4 Å². The molecule has 1 fully saturated rings. The number of rotatable bonds is 11. The van der Waals surface area contributed by atoms with Crippen LogP contribution in [0.15, 0.2) is 60.7 Å². The van der Waals surface area contributed by atoms with Gasteiger partial charge in [-0.15, -0.1) is 0 Å². The first-order chi connectivity index (χ1) is 19.5. The molecule has 10 nitrogen and oxygen atoms in total. The van der Waals surface area contributed by atoms with Gasteiger partial charge >= 0.3 is 0 Å². The Morgan fingerprint density at radius 1 is 1.05 bits per heavy atom. The zero-order chi connectivity index (χ0) is 28.1. The molecule has 210 valence electrons. The Morgan fingerprint density at radius 2 is 1.88 bits per heavy atom. The number of ketones is 1. The van der Waals surface area contributed by atoms with Crippen LogP contribution in [0.2, 0.25) is 0 Å². The molecule has 2 aliphatic heterocycles. The van der Waals surface area contributed by atoms with Crippen LogP contribution in [0.4, 0.5) is 0 Å². The maximum Gasteiger partial charge on any atom is 0.295 e. The van der Waals surface area contributed by atoms with Crippen LogP contribution in [0.25, 0.3) is 5.76 Å². The number of hydrogen-bond donors (Lipinski definition) is 1. The minimum absolute atomic E-state index is 0.00557. The van der Waals surface area contributed by atoms with E-state index in [4.69, 9.17) is 18.9 Å². The number of hydrogen-bond acceptors (Lipinski definition) is 8. The number of aromatic nitrogens is 2. The molecule has 5 rings (SSSR count). The van der Waals surface area contributed by atoms with Crippen LogP contribution in [0.1, 0.15) is 43.4 Å². The van der Waals surface area contributed by atoms with Gasteiger partial charge in [0.05, 0.1) is 31.7 Å². The van der Waals surface area contributed by atoms with E-state index in [1.165, 1.54) is 4.90 Å². The average molecular weight is 548 g/mol. The Bertz CT molecular complexity index is 1400. The molecule has 0 aliphatic carbocycles. The highest BCUT2D eigenvalue weighted by molar-refractivity contribution is 6.46. The number of amides is 1. The molecule has 3 heterocycles. The standard InChI is InChI=1S/C30H33N3O7/c1-3-4-14-38-22-8-6-20(17-24(22)37-2)27-26(28(34)21-7-9-23-25(18-21)40-16-15-39-23)29(35)30(36)33(27)12-5-11-32-13-10-31-19-32/h6-10,13,17-19,27,34H,3-5,11-12,14-16H2,1-2H3/b28-26+/t27-/m1/s1. The highest BCUT2D eigenvalue weighted by atomic mass is 16.6. The van der Waals surface area contributed by atoms with Crippen molar-refractivity contribution in [3.8, 4) is 23.0 Å². The average Bonchev–Trinajstić information content (AvgIpc) is 3.59. The minimum Gasteiger partial charge on any atom is -0.507 e. The molecule has 0 bridgehead atoms. The Kier molecular flexibility index (Phi) is 8.23. The van der Waals surface area contributed by atoms with Crippen molar-refractivity contribution < 1.29 is 33.6 Å². The van der Waals surface area contributed by atoms with Crippen molar-refractivity contribution in [3.05, 3.63) is 71.8 Å². The Hall–Kier alpha value is -4.47. The second-order valence-electron chi connectivity index (χ2n) is 9.62. The summed E-state index contributed by atoms with van der Waals surface area (Å²) in [7, 11) is 1.54. The third-order valence-corrected chi connectivity index (χ3v) is 6.99. The maximum atomic E-state index is 13.5. The lowest BCUT2D eigenvalue weighted by Crippen LogP contribution is -2.31. The molecule has 1 atom stereocenters. The lowest BCUT2D eigenvalue weighted by molar-refractivity contribution is -0.139. The lowest BCUT2D eigenvalue weighted by atomic mass is 9.94. The fourth-order valence-corrected chi connectivity index (χ4v) is 4.95. The van der Waals surface area contributed by atoms with Gasteiger partial charge in [0, 0.05) is 31.0 Å². The lowest BCUT2D eigenvalue weighted by Gasteiger charge is -2.26. The topological polar surface area (TPSA) is 112 Å². The fourth-order valence-electron chi connectivity index (χ4n) is 4.95. The predicted octanol–water partition coefficient (Wildman–Crippen LogP) is 4.35. The van der Waals surface area contributed by atoms with Crippen molar-refractivity contribution in [1.29, 1.82) is 0 Å². The van der Waals surface area contributed by atoms with Crippen LogP contribution in [0.5, 0.6) is 23.0 Å². The third kappa shape index (κ3) is 5.47. The molecule has 3 aromatic rings. The maximum absolute atomic E-state index is 13.5. The molecule has 2 aromatic carbocycles. The summed E-state index contributed by atoms with van der Waals surface area (Å²) in [5.74, 6) is 0.388. The summed E-state index contributed by atoms with van der Waals surface area (Å²) in [6.07, 6.45) is 7.71. The van der Waals surface area contributed by atoms with E-state index in [1.807, 2.05) is 10.8 Å². The quantitative estimate of drug-likeness (QED) is 0.163. The van der Waals surface area contributed by atoms with Gasteiger partial charge in [-0.05, 0) is 48.7 Å². The summed E-state index contributed by atoms with van der Waals surface area (Å²) in [4.78, 5) is 32.4. The third-order valence-electron chi connectivity index (χ3n) is 6.99. The molecule has 0 unspecified atom stereocenters. The monoisotopic (exact) mass is 547 g/mol. The molecule has 1 aromatic heterocycles. The predicted molar refractivity (Wildman–Crippen MR) is 147 cm³/mol. The molecule has 40 heavy (non-hydrogen) atoms. The number of unbranched alkanes of at least 4 members (excludes halogenated alkanes) is 1. The first kappa shape index (κ1) is 27.1. The van der Waals surface area contributed by atoms with Crippen molar-refractivity contribution in [1.82, 2.24) is 14.5 Å². The Labute approximate surface area is 232 Å². The van der Waals surface area contributed by atoms with Gasteiger partial charge in [-0.25, -0.2) is 4.98 Å². The molecular formula is C30H33N3O7. The van der Waals surface area contributed by atoms with Crippen molar-refractivity contribution in [2.75, 3.05) is 33.5 Å². The molecule has 0 radical (unpaired) electrons. The van der Waals surface area contributed by atoms with Gasteiger partial charge in [-0.3, -0.25) is 9.59 Å². The number of Topliss-reactive ketones (excluding diaryl/α,β-unsaturated/α-hetero) is 1. The largest absolute Gasteiger partial charge is 0.507 e. The van der Waals surface area contributed by atoms with Crippen molar-refractivity contribution in [2.24, 2.45) is 0 Å². The molecule has 0 saturated carbocycles. The highest BCUT2D eigenvalue weighted by Gasteiger charge is 2.46. The van der Waals surface area contributed by atoms with E-state index >= 15 is 0 Å². The summed E-state index contributed by atoms with van der Waals surface area (Å²) in [5.41, 5.74) is 0.990. The normalized spacial score (nSPS) is 17.8. The number of benzene rings is 2. The molecule has 1 N–H and O–H groups in total. The van der Waals surface area contributed by atoms with Crippen LogP contribution in [-0.2, 0) is 16.1 Å². The van der Waals surface area contributed by atoms with E-state index in [2.05, 4.69) is 11.9 Å². The zero-order valence-electron chi connectivity index (χ0n) is 22.7. The van der Waals surface area contributed by atoms with E-state index in [0.29, 0.717) is 73.5 Å². The van der Waals surface area contributed by atoms with Crippen molar-refractivity contribution >= 4 is 17.4 Å². The zero-order valence-corrected chi connectivity index (χ0v) is 22.7. The number of likely N-dealkylation sites (tertiary alicyclic amines) is 1. The smallest absolute Gasteiger partial charge is 0.295 e. The van der Waals surface area contributed by atoms with Gasteiger partial charge < -0.3 is 33.5 Å². The van der Waals surface area contributed by atoms with E-state index in [0.717, 1.165) is 12.8 Å². The van der Waals surface area contributed by atoms with Gasteiger partial charge in [0.2, 0.25) is 0 Å². The van der Waals surface area contributed by atoms with E-state index < -0.39 is 17.7 Å². The molecule has 1 amide bonds. The van der Waals surface area contributed by atoms with Crippen molar-refractivity contribution in [2.45, 2.75) is 38.8 Å². The van der Waals surface area contributed by atoms with Gasteiger partial charge in [0.1, 0.15) is 19.0 Å². The molecule has 0 spiro atoms. The van der Waals surface area contributed by atoms with Gasteiger partial charge in [0.15, 0.2) is 23.0 Å².